The van der Waals surface area contributed by atoms with Gasteiger partial charge in [0.1, 0.15) is 11.6 Å². The lowest BCUT2D eigenvalue weighted by Gasteiger charge is -2.10. The molecule has 1 heterocycles. The predicted molar refractivity (Wildman–Crippen MR) is 86.5 cm³/mol. The van der Waals surface area contributed by atoms with Crippen molar-refractivity contribution in [1.29, 1.82) is 0 Å². The lowest BCUT2D eigenvalue weighted by Crippen LogP contribution is -2.15. The maximum atomic E-state index is 13.1. The molecule has 0 aliphatic carbocycles. The number of aryl methyl sites for hydroxylation is 1. The van der Waals surface area contributed by atoms with E-state index in [4.69, 9.17) is 4.74 Å². The summed E-state index contributed by atoms with van der Waals surface area (Å²) in [6, 6.07) is 6.76. The highest BCUT2D eigenvalue weighted by Crippen LogP contribution is 2.19. The van der Waals surface area contributed by atoms with Crippen LogP contribution in [0.2, 0.25) is 0 Å². The van der Waals surface area contributed by atoms with E-state index in [0.717, 1.165) is 11.8 Å². The normalized spacial score (nSPS) is 11.3. The van der Waals surface area contributed by atoms with E-state index in [1.165, 1.54) is 25.3 Å². The van der Waals surface area contributed by atoms with Crippen molar-refractivity contribution in [2.45, 2.75) is 11.8 Å². The Hall–Kier alpha value is -2.19. The van der Waals surface area contributed by atoms with Crippen LogP contribution in [-0.2, 0) is 14.8 Å². The fourth-order valence-electron chi connectivity index (χ4n) is 1.96. The molecule has 2 rings (SSSR count). The van der Waals surface area contributed by atoms with Gasteiger partial charge in [0.25, 0.3) is 10.0 Å². The minimum Gasteiger partial charge on any atom is -0.383 e. The summed E-state index contributed by atoms with van der Waals surface area (Å²) >= 11 is 0. The van der Waals surface area contributed by atoms with Crippen molar-refractivity contribution < 1.29 is 17.5 Å². The molecule has 2 N–H and O–H groups in total. The quantitative estimate of drug-likeness (QED) is 0.757. The summed E-state index contributed by atoms with van der Waals surface area (Å²) in [5.74, 6) is -0.294. The van der Waals surface area contributed by atoms with Gasteiger partial charge in [0, 0.05) is 13.7 Å². The molecule has 0 fully saturated rings. The zero-order chi connectivity index (χ0) is 16.9. The SMILES string of the molecule is COCCNc1ccc(NS(=O)(=O)c2ccc(F)cc2C)nc1. The number of ether oxygens (including phenoxy) is 1. The van der Waals surface area contributed by atoms with E-state index < -0.39 is 15.8 Å². The molecular weight excluding hydrogens is 321 g/mol. The van der Waals surface area contributed by atoms with Crippen molar-refractivity contribution >= 4 is 21.5 Å². The van der Waals surface area contributed by atoms with E-state index in [1.807, 2.05) is 0 Å². The summed E-state index contributed by atoms with van der Waals surface area (Å²) in [4.78, 5) is 4.06. The number of sulfonamides is 1. The minimum absolute atomic E-state index is 0.0167. The van der Waals surface area contributed by atoms with Gasteiger partial charge in [-0.15, -0.1) is 0 Å². The van der Waals surface area contributed by atoms with Crippen LogP contribution in [0.3, 0.4) is 0 Å². The van der Waals surface area contributed by atoms with Gasteiger partial charge in [0.15, 0.2) is 0 Å². The van der Waals surface area contributed by atoms with Gasteiger partial charge < -0.3 is 10.1 Å². The van der Waals surface area contributed by atoms with Crippen LogP contribution in [0.1, 0.15) is 5.56 Å². The maximum absolute atomic E-state index is 13.1. The third kappa shape index (κ3) is 4.64. The zero-order valence-electron chi connectivity index (χ0n) is 12.8. The second kappa shape index (κ2) is 7.38. The van der Waals surface area contributed by atoms with Gasteiger partial charge in [-0.05, 0) is 42.8 Å². The number of hydrogen-bond donors (Lipinski definition) is 2. The molecule has 0 aliphatic heterocycles. The van der Waals surface area contributed by atoms with E-state index in [0.29, 0.717) is 18.7 Å². The van der Waals surface area contributed by atoms with Crippen molar-refractivity contribution in [1.82, 2.24) is 4.98 Å². The molecule has 0 spiro atoms. The third-order valence-electron chi connectivity index (χ3n) is 3.06. The Balaban J connectivity index is 2.11. The summed E-state index contributed by atoms with van der Waals surface area (Å²) in [5, 5.41) is 3.08. The molecule has 8 heteroatoms. The summed E-state index contributed by atoms with van der Waals surface area (Å²) < 4.78 is 45.0. The average molecular weight is 339 g/mol. The molecule has 23 heavy (non-hydrogen) atoms. The second-order valence-electron chi connectivity index (χ2n) is 4.87. The molecule has 6 nitrogen and oxygen atoms in total. The highest BCUT2D eigenvalue weighted by molar-refractivity contribution is 7.92. The molecule has 0 amide bonds. The van der Waals surface area contributed by atoms with Crippen LogP contribution in [0.25, 0.3) is 0 Å². The first-order valence-corrected chi connectivity index (χ1v) is 8.38. The minimum atomic E-state index is -3.81. The Morgan fingerprint density at radius 1 is 1.26 bits per heavy atom. The molecule has 2 aromatic rings. The molecule has 1 aromatic heterocycles. The molecule has 0 unspecified atom stereocenters. The van der Waals surface area contributed by atoms with Gasteiger partial charge in [-0.3, -0.25) is 4.72 Å². The number of aromatic nitrogens is 1. The van der Waals surface area contributed by atoms with Crippen LogP contribution in [-0.4, -0.2) is 33.7 Å². The molecule has 0 saturated carbocycles. The number of rotatable bonds is 7. The average Bonchev–Trinajstić information content (AvgIpc) is 2.48. The molecule has 124 valence electrons. The molecule has 0 atom stereocenters. The van der Waals surface area contributed by atoms with Crippen LogP contribution < -0.4 is 10.0 Å². The van der Waals surface area contributed by atoms with Crippen LogP contribution in [0.4, 0.5) is 15.9 Å². The Labute approximate surface area is 134 Å². The molecular formula is C15H18FN3O3S. The number of halogens is 1. The molecule has 0 aliphatic rings. The van der Waals surface area contributed by atoms with E-state index >= 15 is 0 Å². The zero-order valence-corrected chi connectivity index (χ0v) is 13.7. The number of benzene rings is 1. The Morgan fingerprint density at radius 2 is 2.04 bits per heavy atom. The van der Waals surface area contributed by atoms with Gasteiger partial charge in [-0.2, -0.15) is 0 Å². The van der Waals surface area contributed by atoms with E-state index in [-0.39, 0.29) is 10.7 Å². The first kappa shape index (κ1) is 17.2. The lowest BCUT2D eigenvalue weighted by atomic mass is 10.2. The van der Waals surface area contributed by atoms with E-state index in [2.05, 4.69) is 15.0 Å². The van der Waals surface area contributed by atoms with Gasteiger partial charge in [-0.1, -0.05) is 0 Å². The number of pyridine rings is 1. The number of nitrogens with zero attached hydrogens (tertiary/aromatic N) is 1. The van der Waals surface area contributed by atoms with Crippen molar-refractivity contribution in [2.24, 2.45) is 0 Å². The Bertz CT molecular complexity index is 764. The van der Waals surface area contributed by atoms with Crippen LogP contribution in [0.15, 0.2) is 41.4 Å². The summed E-state index contributed by atoms with van der Waals surface area (Å²) in [7, 11) is -2.21. The summed E-state index contributed by atoms with van der Waals surface area (Å²) in [6.45, 7) is 2.71. The van der Waals surface area contributed by atoms with E-state index in [9.17, 15) is 12.8 Å². The van der Waals surface area contributed by atoms with Crippen LogP contribution >= 0.6 is 0 Å². The van der Waals surface area contributed by atoms with Crippen molar-refractivity contribution in [3.63, 3.8) is 0 Å². The second-order valence-corrected chi connectivity index (χ2v) is 6.52. The Morgan fingerprint density at radius 3 is 2.65 bits per heavy atom. The lowest BCUT2D eigenvalue weighted by molar-refractivity contribution is 0.211. The van der Waals surface area contributed by atoms with Gasteiger partial charge in [-0.25, -0.2) is 17.8 Å². The van der Waals surface area contributed by atoms with Crippen LogP contribution in [0.5, 0.6) is 0 Å². The highest BCUT2D eigenvalue weighted by atomic mass is 32.2. The van der Waals surface area contributed by atoms with Gasteiger partial charge in [0.05, 0.1) is 23.4 Å². The molecule has 0 radical (unpaired) electrons. The van der Waals surface area contributed by atoms with Gasteiger partial charge >= 0.3 is 0 Å². The van der Waals surface area contributed by atoms with Crippen molar-refractivity contribution in [3.05, 3.63) is 47.9 Å². The molecule has 0 saturated heterocycles. The third-order valence-corrected chi connectivity index (χ3v) is 4.58. The topological polar surface area (TPSA) is 80.3 Å². The first-order chi connectivity index (χ1) is 10.9. The molecule has 0 bridgehead atoms. The fourth-order valence-corrected chi connectivity index (χ4v) is 3.20. The summed E-state index contributed by atoms with van der Waals surface area (Å²) in [6.07, 6.45) is 1.52. The predicted octanol–water partition coefficient (Wildman–Crippen LogP) is 2.39. The largest absolute Gasteiger partial charge is 0.383 e. The highest BCUT2D eigenvalue weighted by Gasteiger charge is 2.17. The number of hydrogen-bond acceptors (Lipinski definition) is 5. The Kier molecular flexibility index (Phi) is 5.51. The number of anilines is 2. The van der Waals surface area contributed by atoms with Crippen LogP contribution in [0, 0.1) is 12.7 Å². The first-order valence-electron chi connectivity index (χ1n) is 6.90. The summed E-state index contributed by atoms with van der Waals surface area (Å²) in [5.41, 5.74) is 1.08. The molecule has 1 aromatic carbocycles. The number of methoxy groups -OCH3 is 1. The van der Waals surface area contributed by atoms with E-state index in [1.54, 1.807) is 19.2 Å². The number of nitrogens with one attached hydrogen (secondary N) is 2. The maximum Gasteiger partial charge on any atom is 0.263 e. The fraction of sp³-hybridized carbons (Fsp3) is 0.267. The smallest absolute Gasteiger partial charge is 0.263 e. The monoisotopic (exact) mass is 339 g/mol. The standard InChI is InChI=1S/C15H18FN3O3S/c1-11-9-12(16)3-5-14(11)23(20,21)19-15-6-4-13(10-18-15)17-7-8-22-2/h3-6,9-10,17H,7-8H2,1-2H3,(H,18,19). The van der Waals surface area contributed by atoms with Crippen molar-refractivity contribution in [3.8, 4) is 0 Å². The van der Waals surface area contributed by atoms with Gasteiger partial charge in [0.2, 0.25) is 0 Å². The van der Waals surface area contributed by atoms with Crippen molar-refractivity contribution in [2.75, 3.05) is 30.3 Å².